The van der Waals surface area contributed by atoms with Crippen molar-refractivity contribution in [2.24, 2.45) is 13.0 Å². The number of piperidine rings is 1. The van der Waals surface area contributed by atoms with Crippen LogP contribution in [-0.2, 0) is 11.8 Å². The van der Waals surface area contributed by atoms with Gasteiger partial charge in [-0.25, -0.2) is 9.37 Å². The van der Waals surface area contributed by atoms with E-state index in [1.807, 2.05) is 66.2 Å². The Labute approximate surface area is 203 Å². The Morgan fingerprint density at radius 1 is 1.00 bits per heavy atom. The Morgan fingerprint density at radius 2 is 1.71 bits per heavy atom. The Morgan fingerprint density at radius 3 is 2.46 bits per heavy atom. The molecule has 2 amide bonds. The third-order valence-corrected chi connectivity index (χ3v) is 6.67. The maximum Gasteiger partial charge on any atom is 0.253 e. The van der Waals surface area contributed by atoms with Crippen molar-refractivity contribution in [3.05, 3.63) is 102 Å². The molecule has 1 fully saturated rings. The lowest BCUT2D eigenvalue weighted by molar-refractivity contribution is -0.126. The van der Waals surface area contributed by atoms with Crippen molar-refractivity contribution in [3.63, 3.8) is 0 Å². The molecule has 2 atom stereocenters. The zero-order valence-electron chi connectivity index (χ0n) is 19.5. The number of hydrogen-bond acceptors (Lipinski definition) is 3. The number of benzene rings is 3. The average Bonchev–Trinajstić information content (AvgIpc) is 3.24. The molecule has 1 aliphatic rings. The summed E-state index contributed by atoms with van der Waals surface area (Å²) in [4.78, 5) is 33.0. The molecular formula is C28H27FN4O2. The molecule has 1 aromatic heterocycles. The maximum atomic E-state index is 13.5. The molecule has 2 unspecified atom stereocenters. The van der Waals surface area contributed by atoms with Gasteiger partial charge in [-0.05, 0) is 54.8 Å². The van der Waals surface area contributed by atoms with Crippen LogP contribution in [0.2, 0.25) is 0 Å². The molecule has 1 N–H and O–H groups in total. The van der Waals surface area contributed by atoms with E-state index in [9.17, 15) is 14.0 Å². The van der Waals surface area contributed by atoms with Gasteiger partial charge in [0.15, 0.2) is 0 Å². The number of nitrogens with zero attached hydrogens (tertiary/aromatic N) is 3. The second kappa shape index (κ2) is 9.70. The Balaban J connectivity index is 1.38. The number of carbonyl (C=O) groups is 2. The van der Waals surface area contributed by atoms with Crippen molar-refractivity contribution in [1.82, 2.24) is 19.8 Å². The predicted octanol–water partition coefficient (Wildman–Crippen LogP) is 4.47. The van der Waals surface area contributed by atoms with Crippen LogP contribution in [0.25, 0.3) is 11.0 Å². The van der Waals surface area contributed by atoms with Crippen LogP contribution in [0.15, 0.2) is 78.9 Å². The van der Waals surface area contributed by atoms with Gasteiger partial charge in [-0.15, -0.1) is 0 Å². The van der Waals surface area contributed by atoms with Gasteiger partial charge in [0.2, 0.25) is 5.91 Å². The third-order valence-electron chi connectivity index (χ3n) is 6.67. The molecule has 1 aliphatic heterocycles. The highest BCUT2D eigenvalue weighted by Crippen LogP contribution is 2.27. The number of imidazole rings is 1. The number of rotatable bonds is 5. The summed E-state index contributed by atoms with van der Waals surface area (Å²) >= 11 is 0. The number of aryl methyl sites for hydroxylation is 1. The normalized spacial score (nSPS) is 16.7. The summed E-state index contributed by atoms with van der Waals surface area (Å²) in [6.07, 6.45) is 1.43. The van der Waals surface area contributed by atoms with Crippen molar-refractivity contribution in [1.29, 1.82) is 0 Å². The number of amides is 2. The fourth-order valence-corrected chi connectivity index (χ4v) is 4.78. The maximum absolute atomic E-state index is 13.5. The van der Waals surface area contributed by atoms with Crippen molar-refractivity contribution < 1.29 is 14.0 Å². The Hall–Kier alpha value is -4.00. The van der Waals surface area contributed by atoms with Gasteiger partial charge >= 0.3 is 0 Å². The highest BCUT2D eigenvalue weighted by Gasteiger charge is 2.31. The van der Waals surface area contributed by atoms with E-state index >= 15 is 0 Å². The van der Waals surface area contributed by atoms with Crippen LogP contribution in [0.5, 0.6) is 0 Å². The highest BCUT2D eigenvalue weighted by atomic mass is 19.1. The first kappa shape index (κ1) is 22.8. The van der Waals surface area contributed by atoms with E-state index in [2.05, 4.69) is 5.32 Å². The lowest BCUT2D eigenvalue weighted by Gasteiger charge is -2.33. The van der Waals surface area contributed by atoms with E-state index in [-0.39, 0.29) is 23.5 Å². The van der Waals surface area contributed by atoms with Gasteiger partial charge in [0.25, 0.3) is 5.91 Å². The number of fused-ring (bicyclic) bond motifs is 1. The number of likely N-dealkylation sites (tertiary alicyclic amines) is 1. The van der Waals surface area contributed by atoms with Crippen molar-refractivity contribution in [3.8, 4) is 0 Å². The van der Waals surface area contributed by atoms with E-state index in [4.69, 9.17) is 4.98 Å². The molecule has 5 rings (SSSR count). The number of para-hydroxylation sites is 2. The smallest absolute Gasteiger partial charge is 0.253 e. The first-order valence-corrected chi connectivity index (χ1v) is 11.8. The molecule has 2 heterocycles. The predicted molar refractivity (Wildman–Crippen MR) is 132 cm³/mol. The molecule has 0 bridgehead atoms. The van der Waals surface area contributed by atoms with Crippen LogP contribution in [0.1, 0.15) is 40.6 Å². The molecule has 0 spiro atoms. The van der Waals surface area contributed by atoms with Crippen molar-refractivity contribution in [2.75, 3.05) is 13.1 Å². The molecule has 0 radical (unpaired) electrons. The van der Waals surface area contributed by atoms with Gasteiger partial charge in [-0.2, -0.15) is 0 Å². The number of aromatic nitrogens is 2. The quantitative estimate of drug-likeness (QED) is 0.468. The van der Waals surface area contributed by atoms with E-state index < -0.39 is 6.04 Å². The molecular weight excluding hydrogens is 443 g/mol. The van der Waals surface area contributed by atoms with E-state index in [0.29, 0.717) is 25.1 Å². The second-order valence-electron chi connectivity index (χ2n) is 8.97. The van der Waals surface area contributed by atoms with Crippen LogP contribution in [-0.4, -0.2) is 39.4 Å². The first-order valence-electron chi connectivity index (χ1n) is 11.8. The average molecular weight is 471 g/mol. The van der Waals surface area contributed by atoms with E-state index in [1.54, 1.807) is 4.90 Å². The largest absolute Gasteiger partial charge is 0.342 e. The molecule has 0 aliphatic carbocycles. The van der Waals surface area contributed by atoms with Crippen LogP contribution in [0.4, 0.5) is 4.39 Å². The van der Waals surface area contributed by atoms with Crippen LogP contribution < -0.4 is 5.32 Å². The van der Waals surface area contributed by atoms with Crippen LogP contribution in [0, 0.1) is 11.7 Å². The van der Waals surface area contributed by atoms with Gasteiger partial charge in [0.1, 0.15) is 17.7 Å². The molecule has 1 saturated heterocycles. The van der Waals surface area contributed by atoms with Gasteiger partial charge in [-0.1, -0.05) is 42.5 Å². The second-order valence-corrected chi connectivity index (χ2v) is 8.97. The molecule has 178 valence electrons. The topological polar surface area (TPSA) is 67.2 Å². The standard InChI is InChI=1S/C28H27FN4O2/c1-32-24-12-6-5-11-23(24)30-26(32)25(19-8-3-2-4-9-19)31-27(34)21-10-7-17-33(18-21)28(35)20-13-15-22(29)16-14-20/h2-6,8-9,11-16,21,25H,7,10,17-18H2,1H3,(H,31,34). The van der Waals surface area contributed by atoms with Crippen LogP contribution >= 0.6 is 0 Å². The fraction of sp³-hybridized carbons (Fsp3) is 0.250. The molecule has 7 heteroatoms. The molecule has 6 nitrogen and oxygen atoms in total. The minimum atomic E-state index is -0.427. The zero-order valence-corrected chi connectivity index (χ0v) is 19.5. The number of nitrogens with one attached hydrogen (secondary N) is 1. The minimum Gasteiger partial charge on any atom is -0.342 e. The minimum absolute atomic E-state index is 0.109. The van der Waals surface area contributed by atoms with Gasteiger partial charge < -0.3 is 14.8 Å². The summed E-state index contributed by atoms with van der Waals surface area (Å²) in [5.74, 6) is -0.263. The summed E-state index contributed by atoms with van der Waals surface area (Å²) in [6.45, 7) is 0.902. The molecule has 0 saturated carbocycles. The molecule has 35 heavy (non-hydrogen) atoms. The van der Waals surface area contributed by atoms with E-state index in [0.717, 1.165) is 28.8 Å². The summed E-state index contributed by atoms with van der Waals surface area (Å²) < 4.78 is 15.3. The molecule has 3 aromatic carbocycles. The number of hydrogen-bond donors (Lipinski definition) is 1. The number of carbonyl (C=O) groups excluding carboxylic acids is 2. The molecule has 4 aromatic rings. The summed E-state index contributed by atoms with van der Waals surface area (Å²) in [5.41, 5.74) is 3.23. The summed E-state index contributed by atoms with van der Waals surface area (Å²) in [7, 11) is 1.95. The lowest BCUT2D eigenvalue weighted by atomic mass is 9.95. The highest BCUT2D eigenvalue weighted by molar-refractivity contribution is 5.94. The van der Waals surface area contributed by atoms with Gasteiger partial charge in [0.05, 0.1) is 17.0 Å². The first-order chi connectivity index (χ1) is 17.0. The van der Waals surface area contributed by atoms with E-state index in [1.165, 1.54) is 24.3 Å². The lowest BCUT2D eigenvalue weighted by Crippen LogP contribution is -2.46. The number of halogens is 1. The fourth-order valence-electron chi connectivity index (χ4n) is 4.78. The monoisotopic (exact) mass is 470 g/mol. The summed E-state index contributed by atoms with van der Waals surface area (Å²) in [5, 5.41) is 3.22. The zero-order chi connectivity index (χ0) is 24.4. The Bertz CT molecular complexity index is 1350. The van der Waals surface area contributed by atoms with Crippen molar-refractivity contribution >= 4 is 22.8 Å². The van der Waals surface area contributed by atoms with Gasteiger partial charge in [-0.3, -0.25) is 9.59 Å². The third kappa shape index (κ3) is 4.67. The van der Waals surface area contributed by atoms with Gasteiger partial charge in [0, 0.05) is 25.7 Å². The van der Waals surface area contributed by atoms with Crippen LogP contribution in [0.3, 0.4) is 0 Å². The summed E-state index contributed by atoms with van der Waals surface area (Å²) in [6, 6.07) is 22.8. The Kier molecular flexibility index (Phi) is 6.31. The SMILES string of the molecule is Cn1c(C(NC(=O)C2CCCN(C(=O)c3ccc(F)cc3)C2)c2ccccc2)nc2ccccc21. The van der Waals surface area contributed by atoms with Crippen molar-refractivity contribution in [2.45, 2.75) is 18.9 Å².